The second-order valence-corrected chi connectivity index (χ2v) is 6.47. The molecule has 3 N–H and O–H groups in total. The number of carbonyl (C=O) groups excluding carboxylic acids is 1. The molecule has 1 atom stereocenters. The van der Waals surface area contributed by atoms with Crippen LogP contribution in [-0.4, -0.2) is 27.3 Å². The van der Waals surface area contributed by atoms with Crippen LogP contribution in [0.5, 0.6) is 0 Å². The lowest BCUT2D eigenvalue weighted by Crippen LogP contribution is -2.55. The summed E-state index contributed by atoms with van der Waals surface area (Å²) in [4.78, 5) is 11.7. The maximum absolute atomic E-state index is 11.7. The number of aryl methyl sites for hydroxylation is 2. The monoisotopic (exact) mass is 294 g/mol. The van der Waals surface area contributed by atoms with Gasteiger partial charge in [-0.1, -0.05) is 0 Å². The van der Waals surface area contributed by atoms with Crippen molar-refractivity contribution >= 4 is 5.91 Å². The summed E-state index contributed by atoms with van der Waals surface area (Å²) in [6.45, 7) is 13.1. The molecule has 21 heavy (non-hydrogen) atoms. The largest absolute Gasteiger partial charge is 0.368 e. The van der Waals surface area contributed by atoms with Gasteiger partial charge in [0.15, 0.2) is 0 Å². The van der Waals surface area contributed by atoms with E-state index in [1.54, 1.807) is 0 Å². The van der Waals surface area contributed by atoms with E-state index >= 15 is 0 Å². The number of nitrogens with zero attached hydrogens (tertiary/aromatic N) is 2. The molecule has 5 nitrogen and oxygen atoms in total. The van der Waals surface area contributed by atoms with Gasteiger partial charge in [0.1, 0.15) is 0 Å². The van der Waals surface area contributed by atoms with E-state index < -0.39 is 5.54 Å². The fourth-order valence-corrected chi connectivity index (χ4v) is 2.65. The van der Waals surface area contributed by atoms with Crippen molar-refractivity contribution in [3.63, 3.8) is 0 Å². The number of carbonyl (C=O) groups is 1. The maximum Gasteiger partial charge on any atom is 0.237 e. The fraction of sp³-hybridized carbons (Fsp3) is 0.750. The molecule has 0 spiro atoms. The van der Waals surface area contributed by atoms with Crippen molar-refractivity contribution in [3.8, 4) is 0 Å². The molecule has 1 heterocycles. The summed E-state index contributed by atoms with van der Waals surface area (Å²) in [6.07, 6.45) is 2.68. The highest BCUT2D eigenvalue weighted by Crippen LogP contribution is 2.16. The molecule has 0 fully saturated rings. The normalized spacial score (nSPS) is 14.4. The summed E-state index contributed by atoms with van der Waals surface area (Å²) in [7, 11) is 0. The predicted molar refractivity (Wildman–Crippen MR) is 86.2 cm³/mol. The third-order valence-electron chi connectivity index (χ3n) is 4.19. The summed E-state index contributed by atoms with van der Waals surface area (Å²) < 4.78 is 2.06. The molecule has 0 aromatic carbocycles. The van der Waals surface area contributed by atoms with Gasteiger partial charge in [0.05, 0.1) is 11.2 Å². The zero-order valence-corrected chi connectivity index (χ0v) is 14.3. The number of rotatable bonds is 8. The number of amides is 1. The van der Waals surface area contributed by atoms with Crippen LogP contribution in [-0.2, 0) is 11.3 Å². The Bertz CT molecular complexity index is 493. The van der Waals surface area contributed by atoms with Crippen molar-refractivity contribution in [1.82, 2.24) is 15.1 Å². The molecule has 1 aromatic heterocycles. The van der Waals surface area contributed by atoms with Gasteiger partial charge < -0.3 is 11.1 Å². The molecular formula is C16H30N4O. The SMILES string of the molecule is Cc1nn(CCCCC(C)(NC(C)C)C(N)=O)c(C)c1C. The molecule has 120 valence electrons. The number of nitrogens with two attached hydrogens (primary N) is 1. The smallest absolute Gasteiger partial charge is 0.237 e. The van der Waals surface area contributed by atoms with E-state index in [0.717, 1.165) is 31.5 Å². The Morgan fingerprint density at radius 3 is 2.38 bits per heavy atom. The lowest BCUT2D eigenvalue weighted by atomic mass is 9.93. The Hall–Kier alpha value is -1.36. The van der Waals surface area contributed by atoms with Crippen LogP contribution in [0.1, 0.15) is 57.0 Å². The number of unbranched alkanes of at least 4 members (excludes halogenated alkanes) is 1. The number of primary amides is 1. The van der Waals surface area contributed by atoms with Crippen molar-refractivity contribution in [2.75, 3.05) is 0 Å². The molecule has 0 saturated carbocycles. The van der Waals surface area contributed by atoms with E-state index in [1.807, 2.05) is 27.7 Å². The standard InChI is InChI=1S/C16H30N4O/c1-11(2)18-16(6,15(17)21)9-7-8-10-20-14(5)12(3)13(4)19-20/h11,18H,7-10H2,1-6H3,(H2,17,21). The molecule has 1 rings (SSSR count). The van der Waals surface area contributed by atoms with E-state index in [-0.39, 0.29) is 11.9 Å². The van der Waals surface area contributed by atoms with Crippen LogP contribution in [0.15, 0.2) is 0 Å². The van der Waals surface area contributed by atoms with E-state index in [4.69, 9.17) is 5.73 Å². The number of aromatic nitrogens is 2. The molecule has 5 heteroatoms. The summed E-state index contributed by atoms with van der Waals surface area (Å²) in [5, 5.41) is 7.82. The van der Waals surface area contributed by atoms with Crippen molar-refractivity contribution in [2.24, 2.45) is 5.73 Å². The van der Waals surface area contributed by atoms with Gasteiger partial charge in [0.2, 0.25) is 5.91 Å². The lowest BCUT2D eigenvalue weighted by molar-refractivity contribution is -0.124. The van der Waals surface area contributed by atoms with Crippen LogP contribution in [0.25, 0.3) is 0 Å². The number of nitrogens with one attached hydrogen (secondary N) is 1. The van der Waals surface area contributed by atoms with Gasteiger partial charge in [-0.3, -0.25) is 9.48 Å². The molecule has 1 unspecified atom stereocenters. The summed E-state index contributed by atoms with van der Waals surface area (Å²) in [6, 6.07) is 0.237. The third-order valence-corrected chi connectivity index (χ3v) is 4.19. The second-order valence-electron chi connectivity index (χ2n) is 6.47. The van der Waals surface area contributed by atoms with Crippen LogP contribution >= 0.6 is 0 Å². The first-order valence-electron chi connectivity index (χ1n) is 7.75. The molecule has 0 radical (unpaired) electrons. The Morgan fingerprint density at radius 1 is 1.33 bits per heavy atom. The summed E-state index contributed by atoms with van der Waals surface area (Å²) in [5.41, 5.74) is 8.50. The van der Waals surface area contributed by atoms with Crippen molar-refractivity contribution in [3.05, 3.63) is 17.0 Å². The van der Waals surface area contributed by atoms with Gasteiger partial charge in [0, 0.05) is 18.3 Å². The molecule has 0 aliphatic rings. The Morgan fingerprint density at radius 2 is 1.95 bits per heavy atom. The van der Waals surface area contributed by atoms with Crippen molar-refractivity contribution in [1.29, 1.82) is 0 Å². The van der Waals surface area contributed by atoms with Crippen LogP contribution in [0.2, 0.25) is 0 Å². The molecule has 0 saturated heterocycles. The fourth-order valence-electron chi connectivity index (χ4n) is 2.65. The minimum absolute atomic E-state index is 0.237. The molecule has 1 amide bonds. The predicted octanol–water partition coefficient (Wildman–Crippen LogP) is 2.22. The quantitative estimate of drug-likeness (QED) is 0.722. The minimum Gasteiger partial charge on any atom is -0.368 e. The van der Waals surface area contributed by atoms with Crippen molar-refractivity contribution < 1.29 is 4.79 Å². The van der Waals surface area contributed by atoms with Crippen LogP contribution in [0.4, 0.5) is 0 Å². The van der Waals surface area contributed by atoms with Gasteiger partial charge in [-0.15, -0.1) is 0 Å². The molecule has 1 aromatic rings. The van der Waals surface area contributed by atoms with E-state index in [1.165, 1.54) is 11.3 Å². The Kier molecular flexibility index (Phi) is 5.96. The van der Waals surface area contributed by atoms with Gasteiger partial charge in [-0.2, -0.15) is 5.10 Å². The highest BCUT2D eigenvalue weighted by molar-refractivity contribution is 5.84. The van der Waals surface area contributed by atoms with Crippen LogP contribution in [0.3, 0.4) is 0 Å². The molecule has 0 aliphatic heterocycles. The summed E-state index contributed by atoms with van der Waals surface area (Å²) >= 11 is 0. The molecule has 0 aliphatic carbocycles. The van der Waals surface area contributed by atoms with Gasteiger partial charge in [0.25, 0.3) is 0 Å². The van der Waals surface area contributed by atoms with Crippen molar-refractivity contribution in [2.45, 2.75) is 78.9 Å². The van der Waals surface area contributed by atoms with E-state index in [9.17, 15) is 4.79 Å². The first-order valence-corrected chi connectivity index (χ1v) is 7.75. The topological polar surface area (TPSA) is 72.9 Å². The minimum atomic E-state index is -0.626. The molecular weight excluding hydrogens is 264 g/mol. The van der Waals surface area contributed by atoms with E-state index in [0.29, 0.717) is 0 Å². The number of hydrogen-bond donors (Lipinski definition) is 2. The average molecular weight is 294 g/mol. The highest BCUT2D eigenvalue weighted by Gasteiger charge is 2.30. The molecule has 0 bridgehead atoms. The Labute approximate surface area is 128 Å². The first-order chi connectivity index (χ1) is 9.67. The van der Waals surface area contributed by atoms with Crippen LogP contribution < -0.4 is 11.1 Å². The maximum atomic E-state index is 11.7. The zero-order chi connectivity index (χ0) is 16.2. The van der Waals surface area contributed by atoms with E-state index in [2.05, 4.69) is 28.9 Å². The van der Waals surface area contributed by atoms with Gasteiger partial charge in [-0.25, -0.2) is 0 Å². The third kappa shape index (κ3) is 4.56. The zero-order valence-electron chi connectivity index (χ0n) is 14.3. The Balaban J connectivity index is 2.52. The average Bonchev–Trinajstić information content (AvgIpc) is 2.61. The van der Waals surface area contributed by atoms with Gasteiger partial charge in [-0.05, 0) is 66.4 Å². The van der Waals surface area contributed by atoms with Gasteiger partial charge >= 0.3 is 0 Å². The highest BCUT2D eigenvalue weighted by atomic mass is 16.1. The lowest BCUT2D eigenvalue weighted by Gasteiger charge is -2.29. The second kappa shape index (κ2) is 7.07. The number of hydrogen-bond acceptors (Lipinski definition) is 3. The van der Waals surface area contributed by atoms with Crippen LogP contribution in [0, 0.1) is 20.8 Å². The first kappa shape index (κ1) is 17.7. The summed E-state index contributed by atoms with van der Waals surface area (Å²) in [5.74, 6) is -0.279.